The molecular weight excluding hydrogens is 280 g/mol. The van der Waals surface area contributed by atoms with Crippen molar-refractivity contribution in [2.45, 2.75) is 18.7 Å². The molecule has 21 heavy (non-hydrogen) atoms. The second-order valence-electron chi connectivity index (χ2n) is 5.35. The third-order valence-corrected chi connectivity index (χ3v) is 3.69. The SMILES string of the molecule is Cc1ccc(S)cc1C(=O)Nc1ccc(C)c(N(C)C)c1. The molecule has 0 radical (unpaired) electrons. The van der Waals surface area contributed by atoms with E-state index in [9.17, 15) is 4.79 Å². The van der Waals surface area contributed by atoms with Gasteiger partial charge < -0.3 is 10.2 Å². The molecule has 0 saturated carbocycles. The summed E-state index contributed by atoms with van der Waals surface area (Å²) in [5.74, 6) is -0.114. The van der Waals surface area contributed by atoms with E-state index in [1.165, 1.54) is 5.56 Å². The molecule has 0 fully saturated rings. The highest BCUT2D eigenvalue weighted by molar-refractivity contribution is 7.80. The van der Waals surface area contributed by atoms with Gasteiger partial charge in [0.2, 0.25) is 0 Å². The molecule has 110 valence electrons. The summed E-state index contributed by atoms with van der Waals surface area (Å²) in [7, 11) is 3.98. The number of hydrogen-bond donors (Lipinski definition) is 2. The molecule has 4 heteroatoms. The molecule has 1 N–H and O–H groups in total. The molecule has 1 amide bonds. The maximum Gasteiger partial charge on any atom is 0.255 e. The molecule has 3 nitrogen and oxygen atoms in total. The van der Waals surface area contributed by atoms with Gasteiger partial charge in [-0.05, 0) is 49.2 Å². The lowest BCUT2D eigenvalue weighted by Crippen LogP contribution is -2.15. The number of thiol groups is 1. The normalized spacial score (nSPS) is 10.3. The standard InChI is InChI=1S/C17H20N2OS/c1-11-6-8-14(21)10-15(11)17(20)18-13-7-5-12(2)16(9-13)19(3)4/h5-10,21H,1-4H3,(H,18,20). The van der Waals surface area contributed by atoms with E-state index >= 15 is 0 Å². The van der Waals surface area contributed by atoms with Crippen molar-refractivity contribution in [2.24, 2.45) is 0 Å². The van der Waals surface area contributed by atoms with Gasteiger partial charge in [-0.3, -0.25) is 4.79 Å². The Morgan fingerprint density at radius 2 is 1.71 bits per heavy atom. The molecule has 2 aromatic rings. The molecule has 0 aliphatic rings. The summed E-state index contributed by atoms with van der Waals surface area (Å²) in [4.78, 5) is 15.2. The third-order valence-electron chi connectivity index (χ3n) is 3.41. The first-order valence-electron chi connectivity index (χ1n) is 6.77. The first-order valence-corrected chi connectivity index (χ1v) is 7.22. The van der Waals surface area contributed by atoms with Crippen LogP contribution in [-0.2, 0) is 0 Å². The van der Waals surface area contributed by atoms with E-state index in [0.717, 1.165) is 21.8 Å². The van der Waals surface area contributed by atoms with Gasteiger partial charge in [-0.1, -0.05) is 12.1 Å². The van der Waals surface area contributed by atoms with Crippen LogP contribution < -0.4 is 10.2 Å². The number of hydrogen-bond acceptors (Lipinski definition) is 3. The highest BCUT2D eigenvalue weighted by Gasteiger charge is 2.11. The molecule has 0 saturated heterocycles. The van der Waals surface area contributed by atoms with E-state index in [2.05, 4.69) is 24.9 Å². The monoisotopic (exact) mass is 300 g/mol. The predicted molar refractivity (Wildman–Crippen MR) is 91.9 cm³/mol. The Hall–Kier alpha value is -1.94. The van der Waals surface area contributed by atoms with Gasteiger partial charge in [-0.25, -0.2) is 0 Å². The Labute approximate surface area is 131 Å². The topological polar surface area (TPSA) is 32.3 Å². The zero-order valence-corrected chi connectivity index (χ0v) is 13.7. The van der Waals surface area contributed by atoms with Gasteiger partial charge in [-0.15, -0.1) is 12.6 Å². The van der Waals surface area contributed by atoms with Gasteiger partial charge >= 0.3 is 0 Å². The van der Waals surface area contributed by atoms with Crippen LogP contribution in [0.4, 0.5) is 11.4 Å². The van der Waals surface area contributed by atoms with Crippen LogP contribution in [0.5, 0.6) is 0 Å². The van der Waals surface area contributed by atoms with Crippen molar-refractivity contribution in [3.05, 3.63) is 53.1 Å². The minimum atomic E-state index is -0.114. The van der Waals surface area contributed by atoms with Crippen LogP contribution in [0, 0.1) is 13.8 Å². The number of carbonyl (C=O) groups excluding carboxylic acids is 1. The van der Waals surface area contributed by atoms with Crippen LogP contribution in [-0.4, -0.2) is 20.0 Å². The number of aryl methyl sites for hydroxylation is 2. The second kappa shape index (κ2) is 6.22. The highest BCUT2D eigenvalue weighted by atomic mass is 32.1. The van der Waals surface area contributed by atoms with Gasteiger partial charge in [-0.2, -0.15) is 0 Å². The van der Waals surface area contributed by atoms with Gasteiger partial charge in [0, 0.05) is 35.9 Å². The van der Waals surface area contributed by atoms with Crippen LogP contribution in [0.1, 0.15) is 21.5 Å². The Morgan fingerprint density at radius 3 is 2.38 bits per heavy atom. The van der Waals surface area contributed by atoms with Crippen molar-refractivity contribution in [1.82, 2.24) is 0 Å². The Morgan fingerprint density at radius 1 is 1.05 bits per heavy atom. The maximum atomic E-state index is 12.4. The molecule has 0 aliphatic carbocycles. The van der Waals surface area contributed by atoms with E-state index in [4.69, 9.17) is 0 Å². The van der Waals surface area contributed by atoms with Gasteiger partial charge in [0.05, 0.1) is 0 Å². The van der Waals surface area contributed by atoms with Crippen molar-refractivity contribution < 1.29 is 4.79 Å². The van der Waals surface area contributed by atoms with Gasteiger partial charge in [0.15, 0.2) is 0 Å². The number of amides is 1. The van der Waals surface area contributed by atoms with Crippen LogP contribution in [0.25, 0.3) is 0 Å². The summed E-state index contributed by atoms with van der Waals surface area (Å²) in [6.07, 6.45) is 0. The molecule has 0 bridgehead atoms. The summed E-state index contributed by atoms with van der Waals surface area (Å²) in [5.41, 5.74) is 4.64. The number of nitrogens with one attached hydrogen (secondary N) is 1. The summed E-state index contributed by atoms with van der Waals surface area (Å²) >= 11 is 4.29. The van der Waals surface area contributed by atoms with E-state index in [0.29, 0.717) is 5.56 Å². The average Bonchev–Trinajstić information content (AvgIpc) is 2.43. The molecule has 0 spiro atoms. The molecule has 0 atom stereocenters. The Balaban J connectivity index is 2.27. The largest absolute Gasteiger partial charge is 0.377 e. The lowest BCUT2D eigenvalue weighted by atomic mass is 10.1. The van der Waals surface area contributed by atoms with E-state index in [-0.39, 0.29) is 5.91 Å². The molecule has 0 aliphatic heterocycles. The molecule has 2 aromatic carbocycles. The van der Waals surface area contributed by atoms with E-state index in [1.54, 1.807) is 6.07 Å². The quantitative estimate of drug-likeness (QED) is 0.842. The minimum absolute atomic E-state index is 0.114. The molecular formula is C17H20N2OS. The third kappa shape index (κ3) is 3.58. The summed E-state index contributed by atoms with van der Waals surface area (Å²) in [5, 5.41) is 2.95. The summed E-state index contributed by atoms with van der Waals surface area (Å²) in [6.45, 7) is 3.97. The highest BCUT2D eigenvalue weighted by Crippen LogP contribution is 2.23. The fourth-order valence-electron chi connectivity index (χ4n) is 2.22. The van der Waals surface area contributed by atoms with E-state index in [1.807, 2.05) is 56.3 Å². The smallest absolute Gasteiger partial charge is 0.255 e. The average molecular weight is 300 g/mol. The maximum absolute atomic E-state index is 12.4. The molecule has 2 rings (SSSR count). The van der Waals surface area contributed by atoms with Crippen molar-refractivity contribution in [3.63, 3.8) is 0 Å². The molecule has 0 aromatic heterocycles. The number of benzene rings is 2. The van der Waals surface area contributed by atoms with Crippen LogP contribution in [0.3, 0.4) is 0 Å². The van der Waals surface area contributed by atoms with Gasteiger partial charge in [0.25, 0.3) is 5.91 Å². The molecule has 0 unspecified atom stereocenters. The Bertz CT molecular complexity index is 680. The van der Waals surface area contributed by atoms with Crippen molar-refractivity contribution >= 4 is 29.9 Å². The number of anilines is 2. The fourth-order valence-corrected chi connectivity index (χ4v) is 2.43. The lowest BCUT2D eigenvalue weighted by molar-refractivity contribution is 0.102. The number of rotatable bonds is 3. The predicted octanol–water partition coefficient (Wildman–Crippen LogP) is 3.91. The zero-order valence-electron chi connectivity index (χ0n) is 12.8. The van der Waals surface area contributed by atoms with Crippen molar-refractivity contribution in [2.75, 3.05) is 24.3 Å². The minimum Gasteiger partial charge on any atom is -0.377 e. The lowest BCUT2D eigenvalue weighted by Gasteiger charge is -2.17. The Kier molecular flexibility index (Phi) is 4.58. The zero-order chi connectivity index (χ0) is 15.6. The van der Waals surface area contributed by atoms with Crippen LogP contribution in [0.15, 0.2) is 41.3 Å². The van der Waals surface area contributed by atoms with E-state index < -0.39 is 0 Å². The fraction of sp³-hybridized carbons (Fsp3) is 0.235. The summed E-state index contributed by atoms with van der Waals surface area (Å²) < 4.78 is 0. The molecule has 0 heterocycles. The van der Waals surface area contributed by atoms with Crippen LogP contribution in [0.2, 0.25) is 0 Å². The first-order chi connectivity index (χ1) is 9.88. The van der Waals surface area contributed by atoms with Gasteiger partial charge in [0.1, 0.15) is 0 Å². The number of carbonyl (C=O) groups is 1. The second-order valence-corrected chi connectivity index (χ2v) is 5.87. The van der Waals surface area contributed by atoms with Crippen molar-refractivity contribution in [3.8, 4) is 0 Å². The van der Waals surface area contributed by atoms with Crippen molar-refractivity contribution in [1.29, 1.82) is 0 Å². The summed E-state index contributed by atoms with van der Waals surface area (Å²) in [6, 6.07) is 11.5. The first kappa shape index (κ1) is 15.4. The number of nitrogens with zero attached hydrogens (tertiary/aromatic N) is 1. The van der Waals surface area contributed by atoms with Crippen LogP contribution >= 0.6 is 12.6 Å².